The Balaban J connectivity index is 1.66. The Bertz CT molecular complexity index is 978. The van der Waals surface area contributed by atoms with Gasteiger partial charge in [-0.05, 0) is 32.0 Å². The molecular formula is C17H18N6O2. The molecule has 0 saturated heterocycles. The molecule has 8 nitrogen and oxygen atoms in total. The van der Waals surface area contributed by atoms with Crippen molar-refractivity contribution in [1.82, 2.24) is 29.4 Å². The molecule has 25 heavy (non-hydrogen) atoms. The van der Waals surface area contributed by atoms with Crippen LogP contribution < -0.4 is 5.56 Å². The summed E-state index contributed by atoms with van der Waals surface area (Å²) in [4.78, 5) is 26.1. The molecule has 1 aliphatic rings. The van der Waals surface area contributed by atoms with Gasteiger partial charge in [-0.1, -0.05) is 0 Å². The van der Waals surface area contributed by atoms with E-state index in [1.165, 1.54) is 6.07 Å². The van der Waals surface area contributed by atoms with Crippen LogP contribution in [0.3, 0.4) is 0 Å². The summed E-state index contributed by atoms with van der Waals surface area (Å²) in [6.07, 6.45) is 3.60. The minimum atomic E-state index is -0.282. The van der Waals surface area contributed by atoms with E-state index in [4.69, 9.17) is 0 Å². The van der Waals surface area contributed by atoms with Crippen LogP contribution in [-0.2, 0) is 6.54 Å². The number of nitrogens with zero attached hydrogens (tertiary/aromatic N) is 5. The van der Waals surface area contributed by atoms with Gasteiger partial charge in [0.1, 0.15) is 0 Å². The average Bonchev–Trinajstić information content (AvgIpc) is 3.23. The maximum absolute atomic E-state index is 13.0. The van der Waals surface area contributed by atoms with E-state index in [9.17, 15) is 9.59 Å². The van der Waals surface area contributed by atoms with Crippen LogP contribution in [0.1, 0.15) is 34.7 Å². The van der Waals surface area contributed by atoms with Crippen molar-refractivity contribution in [1.29, 1.82) is 0 Å². The maximum Gasteiger partial charge on any atom is 0.264 e. The highest BCUT2D eigenvalue weighted by molar-refractivity contribution is 5.95. The Hall–Kier alpha value is -3.16. The van der Waals surface area contributed by atoms with E-state index in [1.54, 1.807) is 16.9 Å². The van der Waals surface area contributed by atoms with Crippen molar-refractivity contribution in [2.45, 2.75) is 26.4 Å². The highest BCUT2D eigenvalue weighted by Crippen LogP contribution is 2.27. The number of carbonyl (C=O) groups excluding carboxylic acids is 1. The zero-order valence-corrected chi connectivity index (χ0v) is 14.0. The van der Waals surface area contributed by atoms with Crippen molar-refractivity contribution in [3.63, 3.8) is 0 Å². The van der Waals surface area contributed by atoms with Crippen LogP contribution in [0.5, 0.6) is 0 Å². The molecule has 0 fully saturated rings. The lowest BCUT2D eigenvalue weighted by atomic mass is 10.1. The quantitative estimate of drug-likeness (QED) is 0.762. The van der Waals surface area contributed by atoms with Gasteiger partial charge in [0.2, 0.25) is 0 Å². The Kier molecular flexibility index (Phi) is 3.52. The summed E-state index contributed by atoms with van der Waals surface area (Å²) >= 11 is 0. The first-order valence-electron chi connectivity index (χ1n) is 8.13. The molecule has 3 aromatic heterocycles. The van der Waals surface area contributed by atoms with Crippen LogP contribution in [-0.4, -0.2) is 41.9 Å². The van der Waals surface area contributed by atoms with Gasteiger partial charge in [-0.2, -0.15) is 10.2 Å². The summed E-state index contributed by atoms with van der Waals surface area (Å²) in [5.41, 5.74) is 2.08. The molecule has 0 bridgehead atoms. The predicted molar refractivity (Wildman–Crippen MR) is 90.6 cm³/mol. The summed E-state index contributed by atoms with van der Waals surface area (Å²) in [7, 11) is 0. The van der Waals surface area contributed by atoms with Gasteiger partial charge in [0, 0.05) is 31.0 Å². The molecule has 4 heterocycles. The predicted octanol–water partition coefficient (Wildman–Crippen LogP) is 1.28. The fraction of sp³-hybridized carbons (Fsp3) is 0.294. The zero-order valence-electron chi connectivity index (χ0n) is 14.0. The molecule has 0 radical (unpaired) electrons. The molecule has 4 rings (SSSR count). The standard InChI is InChI=1S/C17H18N6O2/c1-11-13(10-18-23(11)15-5-6-16(24)20-19-15)17(25)22-9-8-21-7-3-4-14(21)12(22)2/h3-7,10,12H,8-9H2,1-2H3,(H,20,24)/t12-/m0/s1. The van der Waals surface area contributed by atoms with Gasteiger partial charge < -0.3 is 9.47 Å². The maximum atomic E-state index is 13.0. The summed E-state index contributed by atoms with van der Waals surface area (Å²) in [5.74, 6) is 0.421. The van der Waals surface area contributed by atoms with Crippen molar-refractivity contribution < 1.29 is 4.79 Å². The number of aromatic nitrogens is 5. The number of hydrogen-bond acceptors (Lipinski definition) is 4. The Morgan fingerprint density at radius 1 is 1.28 bits per heavy atom. The zero-order chi connectivity index (χ0) is 17.6. The number of hydrogen-bond donors (Lipinski definition) is 1. The molecule has 0 saturated carbocycles. The van der Waals surface area contributed by atoms with E-state index in [0.29, 0.717) is 23.6 Å². The third kappa shape index (κ3) is 2.46. The van der Waals surface area contributed by atoms with Crippen molar-refractivity contribution in [2.24, 2.45) is 0 Å². The number of carbonyl (C=O) groups is 1. The van der Waals surface area contributed by atoms with Gasteiger partial charge in [0.05, 0.1) is 23.5 Å². The summed E-state index contributed by atoms with van der Waals surface area (Å²) < 4.78 is 3.73. The van der Waals surface area contributed by atoms with Crippen LogP contribution in [0.25, 0.3) is 5.82 Å². The van der Waals surface area contributed by atoms with E-state index in [-0.39, 0.29) is 17.5 Å². The summed E-state index contributed by atoms with van der Waals surface area (Å²) in [6.45, 7) is 5.30. The number of rotatable bonds is 2. The number of amides is 1. The van der Waals surface area contributed by atoms with E-state index < -0.39 is 0 Å². The molecule has 1 N–H and O–H groups in total. The lowest BCUT2D eigenvalue weighted by Crippen LogP contribution is -2.40. The number of aromatic amines is 1. The lowest BCUT2D eigenvalue weighted by molar-refractivity contribution is 0.0643. The lowest BCUT2D eigenvalue weighted by Gasteiger charge is -2.34. The SMILES string of the molecule is Cc1c(C(=O)N2CCn3cccc3[C@@H]2C)cnn1-c1ccc(=O)[nH]n1. The van der Waals surface area contributed by atoms with Gasteiger partial charge >= 0.3 is 0 Å². The molecule has 128 valence electrons. The fourth-order valence-corrected chi connectivity index (χ4v) is 3.32. The van der Waals surface area contributed by atoms with Gasteiger partial charge in [-0.25, -0.2) is 9.78 Å². The Labute approximate surface area is 143 Å². The third-order valence-corrected chi connectivity index (χ3v) is 4.72. The molecule has 0 aliphatic carbocycles. The normalized spacial score (nSPS) is 16.7. The second-order valence-corrected chi connectivity index (χ2v) is 6.14. The molecule has 0 spiro atoms. The molecule has 1 atom stereocenters. The first-order chi connectivity index (χ1) is 12.1. The summed E-state index contributed by atoms with van der Waals surface area (Å²) in [5, 5.41) is 10.6. The molecule has 8 heteroatoms. The molecule has 1 aliphatic heterocycles. The van der Waals surface area contributed by atoms with Crippen LogP contribution in [0.2, 0.25) is 0 Å². The Morgan fingerprint density at radius 3 is 2.88 bits per heavy atom. The third-order valence-electron chi connectivity index (χ3n) is 4.72. The van der Waals surface area contributed by atoms with Gasteiger partial charge in [-0.15, -0.1) is 0 Å². The fourth-order valence-electron chi connectivity index (χ4n) is 3.32. The van der Waals surface area contributed by atoms with E-state index in [0.717, 1.165) is 12.2 Å². The second kappa shape index (κ2) is 5.73. The minimum absolute atomic E-state index is 0.00482. The van der Waals surface area contributed by atoms with Crippen LogP contribution in [0.15, 0.2) is 41.5 Å². The van der Waals surface area contributed by atoms with Gasteiger partial charge in [-0.3, -0.25) is 9.59 Å². The molecule has 0 aromatic carbocycles. The molecule has 0 unspecified atom stereocenters. The first-order valence-corrected chi connectivity index (χ1v) is 8.13. The van der Waals surface area contributed by atoms with Gasteiger partial charge in [0.25, 0.3) is 11.5 Å². The summed E-state index contributed by atoms with van der Waals surface area (Å²) in [6, 6.07) is 7.01. The van der Waals surface area contributed by atoms with Crippen molar-refractivity contribution in [2.75, 3.05) is 6.54 Å². The number of nitrogens with one attached hydrogen (secondary N) is 1. The number of H-pyrrole nitrogens is 1. The highest BCUT2D eigenvalue weighted by atomic mass is 16.2. The van der Waals surface area contributed by atoms with Crippen LogP contribution in [0.4, 0.5) is 0 Å². The van der Waals surface area contributed by atoms with Gasteiger partial charge in [0.15, 0.2) is 5.82 Å². The smallest absolute Gasteiger partial charge is 0.264 e. The minimum Gasteiger partial charge on any atom is -0.348 e. The highest BCUT2D eigenvalue weighted by Gasteiger charge is 2.30. The Morgan fingerprint density at radius 2 is 2.12 bits per heavy atom. The van der Waals surface area contributed by atoms with E-state index in [2.05, 4.69) is 19.9 Å². The second-order valence-electron chi connectivity index (χ2n) is 6.14. The monoisotopic (exact) mass is 338 g/mol. The van der Waals surface area contributed by atoms with Crippen molar-refractivity contribution in [3.05, 3.63) is 64.0 Å². The van der Waals surface area contributed by atoms with Crippen LogP contribution >= 0.6 is 0 Å². The number of fused-ring (bicyclic) bond motifs is 1. The largest absolute Gasteiger partial charge is 0.348 e. The molecular weight excluding hydrogens is 320 g/mol. The molecule has 1 amide bonds. The average molecular weight is 338 g/mol. The van der Waals surface area contributed by atoms with E-state index >= 15 is 0 Å². The van der Waals surface area contributed by atoms with Crippen LogP contribution in [0, 0.1) is 6.92 Å². The van der Waals surface area contributed by atoms with E-state index in [1.807, 2.05) is 37.1 Å². The molecule has 3 aromatic rings. The first kappa shape index (κ1) is 15.4. The topological polar surface area (TPSA) is 88.8 Å². The van der Waals surface area contributed by atoms with Crippen molar-refractivity contribution in [3.8, 4) is 5.82 Å². The van der Waals surface area contributed by atoms with Crippen molar-refractivity contribution >= 4 is 5.91 Å².